The molecule has 0 aliphatic carbocycles. The van der Waals surface area contributed by atoms with Crippen LogP contribution < -0.4 is 0 Å². The molecule has 5 heteroatoms. The summed E-state index contributed by atoms with van der Waals surface area (Å²) in [6, 6.07) is 15.2. The molecule has 4 rings (SSSR count). The van der Waals surface area contributed by atoms with Gasteiger partial charge in [-0.1, -0.05) is 42.0 Å². The summed E-state index contributed by atoms with van der Waals surface area (Å²) in [7, 11) is 0. The van der Waals surface area contributed by atoms with E-state index in [-0.39, 0.29) is 11.7 Å². The van der Waals surface area contributed by atoms with E-state index in [0.29, 0.717) is 26.3 Å². The Morgan fingerprint density at radius 2 is 1.72 bits per heavy atom. The van der Waals surface area contributed by atoms with E-state index in [0.717, 1.165) is 43.6 Å². The van der Waals surface area contributed by atoms with Gasteiger partial charge in [0.1, 0.15) is 5.82 Å². The van der Waals surface area contributed by atoms with Gasteiger partial charge in [-0.05, 0) is 43.0 Å². The molecular weight excluding hydrogens is 367 g/mol. The van der Waals surface area contributed by atoms with Gasteiger partial charge in [0.2, 0.25) is 5.91 Å². The SMILES string of the molecule is Cc1ccc(C2(C(=O)N3CCN(Cc4cccc(F)c4)CC3)CCOCC2)cc1. The number of hydrogen-bond acceptors (Lipinski definition) is 3. The van der Waals surface area contributed by atoms with E-state index in [1.807, 2.05) is 11.0 Å². The molecule has 0 spiro atoms. The summed E-state index contributed by atoms with van der Waals surface area (Å²) in [5, 5.41) is 0. The maximum absolute atomic E-state index is 13.7. The van der Waals surface area contributed by atoms with Gasteiger partial charge in [-0.25, -0.2) is 4.39 Å². The second-order valence-corrected chi connectivity index (χ2v) is 8.26. The van der Waals surface area contributed by atoms with E-state index >= 15 is 0 Å². The van der Waals surface area contributed by atoms with Crippen LogP contribution >= 0.6 is 0 Å². The summed E-state index contributed by atoms with van der Waals surface area (Å²) in [6.45, 7) is 7.08. The number of carbonyl (C=O) groups is 1. The Kier molecular flexibility index (Phi) is 5.97. The molecule has 2 aromatic rings. The molecule has 154 valence electrons. The first-order valence-corrected chi connectivity index (χ1v) is 10.5. The standard InChI is InChI=1S/C24H29FN2O2/c1-19-5-7-21(8-6-19)24(9-15-29-16-10-24)23(28)27-13-11-26(12-14-27)18-20-3-2-4-22(25)17-20/h2-8,17H,9-16,18H2,1H3. The summed E-state index contributed by atoms with van der Waals surface area (Å²) in [4.78, 5) is 18.0. The highest BCUT2D eigenvalue weighted by Gasteiger charge is 2.44. The predicted octanol–water partition coefficient (Wildman–Crippen LogP) is 3.53. The van der Waals surface area contributed by atoms with Gasteiger partial charge in [0.25, 0.3) is 0 Å². The van der Waals surface area contributed by atoms with Crippen molar-refractivity contribution in [2.24, 2.45) is 0 Å². The van der Waals surface area contributed by atoms with Gasteiger partial charge in [0, 0.05) is 45.9 Å². The van der Waals surface area contributed by atoms with Gasteiger partial charge < -0.3 is 9.64 Å². The van der Waals surface area contributed by atoms with Crippen LogP contribution in [0.2, 0.25) is 0 Å². The zero-order valence-corrected chi connectivity index (χ0v) is 17.1. The third-order valence-electron chi connectivity index (χ3n) is 6.31. The molecule has 0 saturated carbocycles. The number of carbonyl (C=O) groups excluding carboxylic acids is 1. The molecule has 0 bridgehead atoms. The molecule has 2 heterocycles. The predicted molar refractivity (Wildman–Crippen MR) is 111 cm³/mol. The van der Waals surface area contributed by atoms with Crippen molar-refractivity contribution < 1.29 is 13.9 Å². The average Bonchev–Trinajstić information content (AvgIpc) is 2.75. The molecule has 2 aliphatic heterocycles. The minimum Gasteiger partial charge on any atom is -0.381 e. The van der Waals surface area contributed by atoms with E-state index in [2.05, 4.69) is 36.1 Å². The normalized spacial score (nSPS) is 19.9. The summed E-state index contributed by atoms with van der Waals surface area (Å²) in [5.74, 6) is 0.0333. The zero-order chi connectivity index (χ0) is 20.3. The molecule has 2 saturated heterocycles. The first-order valence-electron chi connectivity index (χ1n) is 10.5. The lowest BCUT2D eigenvalue weighted by Gasteiger charge is -2.43. The third kappa shape index (κ3) is 4.36. The number of aryl methyl sites for hydroxylation is 1. The fourth-order valence-corrected chi connectivity index (χ4v) is 4.52. The van der Waals surface area contributed by atoms with Gasteiger partial charge in [-0.3, -0.25) is 9.69 Å². The molecule has 2 aliphatic rings. The van der Waals surface area contributed by atoms with Crippen molar-refractivity contribution in [2.45, 2.75) is 31.7 Å². The molecule has 0 aromatic heterocycles. The number of rotatable bonds is 4. The number of hydrogen-bond donors (Lipinski definition) is 0. The van der Waals surface area contributed by atoms with E-state index in [9.17, 15) is 9.18 Å². The Hall–Kier alpha value is -2.24. The first-order chi connectivity index (χ1) is 14.1. The second kappa shape index (κ2) is 8.64. The Balaban J connectivity index is 1.45. The monoisotopic (exact) mass is 396 g/mol. The van der Waals surface area contributed by atoms with E-state index in [4.69, 9.17) is 4.74 Å². The van der Waals surface area contributed by atoms with Crippen LogP contribution in [0.4, 0.5) is 4.39 Å². The van der Waals surface area contributed by atoms with Crippen molar-refractivity contribution in [1.29, 1.82) is 0 Å². The quantitative estimate of drug-likeness (QED) is 0.793. The fourth-order valence-electron chi connectivity index (χ4n) is 4.52. The van der Waals surface area contributed by atoms with Crippen molar-refractivity contribution in [2.75, 3.05) is 39.4 Å². The molecule has 1 amide bonds. The molecule has 2 aromatic carbocycles. The van der Waals surface area contributed by atoms with Crippen LogP contribution in [0.25, 0.3) is 0 Å². The van der Waals surface area contributed by atoms with Crippen LogP contribution in [0.15, 0.2) is 48.5 Å². The summed E-state index contributed by atoms with van der Waals surface area (Å²) < 4.78 is 19.0. The van der Waals surface area contributed by atoms with Crippen LogP contribution in [0, 0.1) is 12.7 Å². The first kappa shape index (κ1) is 20.0. The number of ether oxygens (including phenoxy) is 1. The topological polar surface area (TPSA) is 32.8 Å². The Labute approximate surface area is 172 Å². The Morgan fingerprint density at radius 3 is 2.38 bits per heavy atom. The van der Waals surface area contributed by atoms with E-state index in [1.54, 1.807) is 12.1 Å². The second-order valence-electron chi connectivity index (χ2n) is 8.26. The van der Waals surface area contributed by atoms with Crippen LogP contribution in [0.5, 0.6) is 0 Å². The maximum Gasteiger partial charge on any atom is 0.233 e. The summed E-state index contributed by atoms with van der Waals surface area (Å²) in [6.07, 6.45) is 1.47. The minimum atomic E-state index is -0.476. The van der Waals surface area contributed by atoms with Crippen molar-refractivity contribution in [3.8, 4) is 0 Å². The lowest BCUT2D eigenvalue weighted by molar-refractivity contribution is -0.143. The number of nitrogens with zero attached hydrogens (tertiary/aromatic N) is 2. The summed E-state index contributed by atoms with van der Waals surface area (Å²) >= 11 is 0. The van der Waals surface area contributed by atoms with Crippen LogP contribution in [-0.2, 0) is 21.5 Å². The number of benzene rings is 2. The van der Waals surface area contributed by atoms with Gasteiger partial charge in [0.05, 0.1) is 5.41 Å². The molecule has 2 fully saturated rings. The Bertz CT molecular complexity index is 838. The van der Waals surface area contributed by atoms with Gasteiger partial charge in [-0.15, -0.1) is 0 Å². The number of amides is 1. The van der Waals surface area contributed by atoms with Crippen molar-refractivity contribution >= 4 is 5.91 Å². The average molecular weight is 397 g/mol. The van der Waals surface area contributed by atoms with Gasteiger partial charge in [0.15, 0.2) is 0 Å². The highest BCUT2D eigenvalue weighted by atomic mass is 19.1. The van der Waals surface area contributed by atoms with Gasteiger partial charge in [-0.2, -0.15) is 0 Å². The highest BCUT2D eigenvalue weighted by molar-refractivity contribution is 5.88. The van der Waals surface area contributed by atoms with Crippen LogP contribution in [0.1, 0.15) is 29.5 Å². The lowest BCUT2D eigenvalue weighted by Crippen LogP contribution is -2.55. The van der Waals surface area contributed by atoms with E-state index in [1.165, 1.54) is 11.6 Å². The highest BCUT2D eigenvalue weighted by Crippen LogP contribution is 2.37. The fraction of sp³-hybridized carbons (Fsp3) is 0.458. The number of halogens is 1. The molecule has 0 unspecified atom stereocenters. The molecule has 4 nitrogen and oxygen atoms in total. The molecule has 0 atom stereocenters. The van der Waals surface area contributed by atoms with Crippen molar-refractivity contribution in [1.82, 2.24) is 9.80 Å². The summed E-state index contributed by atoms with van der Waals surface area (Å²) in [5.41, 5.74) is 2.81. The third-order valence-corrected chi connectivity index (χ3v) is 6.31. The smallest absolute Gasteiger partial charge is 0.233 e. The van der Waals surface area contributed by atoms with Crippen LogP contribution in [-0.4, -0.2) is 55.1 Å². The molecule has 29 heavy (non-hydrogen) atoms. The Morgan fingerprint density at radius 1 is 1.03 bits per heavy atom. The largest absolute Gasteiger partial charge is 0.381 e. The molecule has 0 radical (unpaired) electrons. The number of piperazine rings is 1. The van der Waals surface area contributed by atoms with E-state index < -0.39 is 5.41 Å². The van der Waals surface area contributed by atoms with Crippen molar-refractivity contribution in [3.63, 3.8) is 0 Å². The maximum atomic E-state index is 13.7. The minimum absolute atomic E-state index is 0.198. The van der Waals surface area contributed by atoms with Crippen molar-refractivity contribution in [3.05, 3.63) is 71.0 Å². The zero-order valence-electron chi connectivity index (χ0n) is 17.1. The molecular formula is C24H29FN2O2. The lowest BCUT2D eigenvalue weighted by atomic mass is 9.72. The van der Waals surface area contributed by atoms with Crippen LogP contribution in [0.3, 0.4) is 0 Å². The molecule has 0 N–H and O–H groups in total. The van der Waals surface area contributed by atoms with Gasteiger partial charge >= 0.3 is 0 Å².